The first-order chi connectivity index (χ1) is 10.7. The van der Waals surface area contributed by atoms with Crippen LogP contribution in [-0.2, 0) is 4.79 Å². The van der Waals surface area contributed by atoms with E-state index < -0.39 is 0 Å². The summed E-state index contributed by atoms with van der Waals surface area (Å²) in [6, 6.07) is 7.65. The van der Waals surface area contributed by atoms with E-state index in [1.807, 2.05) is 30.3 Å². The minimum absolute atomic E-state index is 0.0299. The zero-order valence-electron chi connectivity index (χ0n) is 13.0. The van der Waals surface area contributed by atoms with E-state index in [1.165, 1.54) is 24.6 Å². The van der Waals surface area contributed by atoms with Crippen LogP contribution >= 0.6 is 24.0 Å². The van der Waals surface area contributed by atoms with E-state index >= 15 is 0 Å². The summed E-state index contributed by atoms with van der Waals surface area (Å²) < 4.78 is 5.80. The molecule has 1 aliphatic rings. The maximum atomic E-state index is 12.4. The maximum Gasteiger partial charge on any atom is 0.266 e. The van der Waals surface area contributed by atoms with Crippen molar-refractivity contribution in [1.82, 2.24) is 4.90 Å². The number of hydrogen-bond donors (Lipinski definition) is 0. The van der Waals surface area contributed by atoms with Crippen molar-refractivity contribution in [2.75, 3.05) is 13.7 Å². The molecule has 118 valence electrons. The summed E-state index contributed by atoms with van der Waals surface area (Å²) in [6.07, 6.45) is 6.44. The van der Waals surface area contributed by atoms with Crippen LogP contribution in [0.2, 0.25) is 0 Å². The minimum atomic E-state index is 0.0299. The van der Waals surface area contributed by atoms with Gasteiger partial charge in [-0.25, -0.2) is 0 Å². The van der Waals surface area contributed by atoms with Crippen LogP contribution in [0.4, 0.5) is 0 Å². The third kappa shape index (κ3) is 4.34. The van der Waals surface area contributed by atoms with Crippen LogP contribution in [0.5, 0.6) is 5.75 Å². The van der Waals surface area contributed by atoms with Gasteiger partial charge in [-0.05, 0) is 30.2 Å². The number of nitrogens with zero attached hydrogens (tertiary/aromatic N) is 1. The van der Waals surface area contributed by atoms with Crippen LogP contribution in [0.1, 0.15) is 38.2 Å². The number of amides is 1. The van der Waals surface area contributed by atoms with Crippen LogP contribution < -0.4 is 4.74 Å². The first kappa shape index (κ1) is 17.0. The molecule has 0 N–H and O–H groups in total. The quantitative estimate of drug-likeness (QED) is 0.417. The first-order valence-electron chi connectivity index (χ1n) is 7.55. The van der Waals surface area contributed by atoms with Gasteiger partial charge in [0, 0.05) is 6.54 Å². The molecule has 2 rings (SSSR count). The Bertz CT molecular complexity index is 567. The normalized spacial score (nSPS) is 16.6. The van der Waals surface area contributed by atoms with Crippen molar-refractivity contribution in [1.29, 1.82) is 0 Å². The number of rotatable bonds is 7. The van der Waals surface area contributed by atoms with Gasteiger partial charge in [0.1, 0.15) is 10.1 Å². The van der Waals surface area contributed by atoms with Crippen LogP contribution in [-0.4, -0.2) is 28.8 Å². The molecular weight excluding hydrogens is 314 g/mol. The summed E-state index contributed by atoms with van der Waals surface area (Å²) >= 11 is 6.72. The number of carbonyl (C=O) groups is 1. The summed E-state index contributed by atoms with van der Waals surface area (Å²) in [5.41, 5.74) is 0.979. The lowest BCUT2D eigenvalue weighted by molar-refractivity contribution is -0.122. The number of unbranched alkanes of at least 4 members (excludes halogenated alkanes) is 3. The average Bonchev–Trinajstić information content (AvgIpc) is 2.79. The fourth-order valence-electron chi connectivity index (χ4n) is 2.24. The van der Waals surface area contributed by atoms with E-state index in [9.17, 15) is 4.79 Å². The molecule has 1 fully saturated rings. The molecule has 0 aliphatic carbocycles. The fourth-order valence-corrected chi connectivity index (χ4v) is 3.55. The largest absolute Gasteiger partial charge is 0.497 e. The molecule has 1 aromatic carbocycles. The number of hydrogen-bond acceptors (Lipinski definition) is 4. The molecule has 0 radical (unpaired) electrons. The molecule has 0 bridgehead atoms. The van der Waals surface area contributed by atoms with Gasteiger partial charge in [0.25, 0.3) is 5.91 Å². The van der Waals surface area contributed by atoms with E-state index in [0.717, 1.165) is 30.7 Å². The van der Waals surface area contributed by atoms with Gasteiger partial charge >= 0.3 is 0 Å². The van der Waals surface area contributed by atoms with Crippen molar-refractivity contribution in [2.45, 2.75) is 32.6 Å². The molecule has 1 saturated heterocycles. The average molecular weight is 335 g/mol. The Hall–Kier alpha value is -1.33. The van der Waals surface area contributed by atoms with Crippen molar-refractivity contribution in [3.8, 4) is 5.75 Å². The van der Waals surface area contributed by atoms with Crippen molar-refractivity contribution >= 4 is 40.3 Å². The smallest absolute Gasteiger partial charge is 0.266 e. The monoisotopic (exact) mass is 335 g/mol. The van der Waals surface area contributed by atoms with Gasteiger partial charge in [0.05, 0.1) is 12.0 Å². The van der Waals surface area contributed by atoms with E-state index in [0.29, 0.717) is 9.23 Å². The summed E-state index contributed by atoms with van der Waals surface area (Å²) in [6.45, 7) is 2.90. The van der Waals surface area contributed by atoms with Crippen molar-refractivity contribution in [3.63, 3.8) is 0 Å². The molecule has 1 aliphatic heterocycles. The summed E-state index contributed by atoms with van der Waals surface area (Å²) in [5, 5.41) is 0. The highest BCUT2D eigenvalue weighted by atomic mass is 32.2. The fraction of sp³-hybridized carbons (Fsp3) is 0.412. The van der Waals surface area contributed by atoms with Crippen LogP contribution in [0.3, 0.4) is 0 Å². The van der Waals surface area contributed by atoms with Gasteiger partial charge in [0.2, 0.25) is 0 Å². The third-order valence-electron chi connectivity index (χ3n) is 3.52. The molecule has 3 nitrogen and oxygen atoms in total. The summed E-state index contributed by atoms with van der Waals surface area (Å²) in [7, 11) is 1.64. The molecule has 1 amide bonds. The number of thioether (sulfide) groups is 1. The number of carbonyl (C=O) groups excluding carboxylic acids is 1. The molecule has 22 heavy (non-hydrogen) atoms. The molecule has 0 atom stereocenters. The standard InChI is InChI=1S/C17H21NO2S2/c1-3-4-5-6-11-18-16(19)15(22-17(18)21)12-13-7-9-14(20-2)10-8-13/h7-10,12H,3-6,11H2,1-2H3/b15-12-. The molecule has 1 heterocycles. The lowest BCUT2D eigenvalue weighted by atomic mass is 10.2. The third-order valence-corrected chi connectivity index (χ3v) is 4.90. The molecule has 5 heteroatoms. The zero-order valence-corrected chi connectivity index (χ0v) is 14.6. The van der Waals surface area contributed by atoms with E-state index in [1.54, 1.807) is 12.0 Å². The van der Waals surface area contributed by atoms with Crippen molar-refractivity contribution in [2.24, 2.45) is 0 Å². The maximum absolute atomic E-state index is 12.4. The second kappa shape index (κ2) is 8.34. The Morgan fingerprint density at radius 2 is 1.95 bits per heavy atom. The number of methoxy groups -OCH3 is 1. The topological polar surface area (TPSA) is 29.5 Å². The molecular formula is C17H21NO2S2. The minimum Gasteiger partial charge on any atom is -0.497 e. The Kier molecular flexibility index (Phi) is 6.46. The van der Waals surface area contributed by atoms with E-state index in [2.05, 4.69) is 6.92 Å². The second-order valence-corrected chi connectivity index (χ2v) is 6.84. The lowest BCUT2D eigenvalue weighted by Crippen LogP contribution is -2.28. The van der Waals surface area contributed by atoms with Gasteiger partial charge in [-0.2, -0.15) is 0 Å². The predicted molar refractivity (Wildman–Crippen MR) is 97.0 cm³/mol. The molecule has 0 saturated carbocycles. The number of ether oxygens (including phenoxy) is 1. The summed E-state index contributed by atoms with van der Waals surface area (Å²) in [5.74, 6) is 0.836. The zero-order chi connectivity index (χ0) is 15.9. The highest BCUT2D eigenvalue weighted by molar-refractivity contribution is 8.26. The predicted octanol–water partition coefficient (Wildman–Crippen LogP) is 4.48. The summed E-state index contributed by atoms with van der Waals surface area (Å²) in [4.78, 5) is 14.9. The van der Waals surface area contributed by atoms with Crippen LogP contribution in [0, 0.1) is 0 Å². The number of benzene rings is 1. The van der Waals surface area contributed by atoms with E-state index in [-0.39, 0.29) is 5.91 Å². The highest BCUT2D eigenvalue weighted by Gasteiger charge is 2.31. The SMILES string of the molecule is CCCCCCN1C(=O)/C(=C/c2ccc(OC)cc2)SC1=S. The van der Waals surface area contributed by atoms with Gasteiger partial charge in [-0.3, -0.25) is 9.69 Å². The number of thiocarbonyl (C=S) groups is 1. The first-order valence-corrected chi connectivity index (χ1v) is 8.77. The Balaban J connectivity index is 2.01. The van der Waals surface area contributed by atoms with Gasteiger partial charge in [0.15, 0.2) is 0 Å². The van der Waals surface area contributed by atoms with Crippen molar-refractivity contribution < 1.29 is 9.53 Å². The van der Waals surface area contributed by atoms with Gasteiger partial charge in [-0.15, -0.1) is 0 Å². The molecule has 1 aromatic rings. The van der Waals surface area contributed by atoms with Crippen LogP contribution in [0.25, 0.3) is 6.08 Å². The van der Waals surface area contributed by atoms with Gasteiger partial charge < -0.3 is 4.74 Å². The lowest BCUT2D eigenvalue weighted by Gasteiger charge is -2.13. The molecule has 0 aromatic heterocycles. The van der Waals surface area contributed by atoms with Gasteiger partial charge in [-0.1, -0.05) is 62.3 Å². The molecule has 0 spiro atoms. The van der Waals surface area contributed by atoms with E-state index in [4.69, 9.17) is 17.0 Å². The Morgan fingerprint density at radius 1 is 1.23 bits per heavy atom. The highest BCUT2D eigenvalue weighted by Crippen LogP contribution is 2.33. The Morgan fingerprint density at radius 3 is 2.59 bits per heavy atom. The van der Waals surface area contributed by atoms with Crippen molar-refractivity contribution in [3.05, 3.63) is 34.7 Å². The molecule has 0 unspecified atom stereocenters. The van der Waals surface area contributed by atoms with Crippen LogP contribution in [0.15, 0.2) is 29.2 Å². The second-order valence-electron chi connectivity index (χ2n) is 5.17. The Labute approximate surface area is 141 Å².